The van der Waals surface area contributed by atoms with Crippen LogP contribution >= 0.6 is 0 Å². The van der Waals surface area contributed by atoms with Gasteiger partial charge in [-0.05, 0) is 37.8 Å². The second-order valence-corrected chi connectivity index (χ2v) is 5.98. The molecule has 0 amide bonds. The number of anilines is 1. The van der Waals surface area contributed by atoms with E-state index in [9.17, 15) is 0 Å². The minimum atomic E-state index is 0.335. The highest BCUT2D eigenvalue weighted by molar-refractivity contribution is 5.75. The summed E-state index contributed by atoms with van der Waals surface area (Å²) in [4.78, 5) is 8.91. The molecule has 7 nitrogen and oxygen atoms in total. The van der Waals surface area contributed by atoms with Crippen LogP contribution in [0, 0.1) is 0 Å². The molecule has 0 unspecified atom stereocenters. The molecular formula is C16H19N7. The van der Waals surface area contributed by atoms with Crippen molar-refractivity contribution in [2.24, 2.45) is 5.73 Å². The summed E-state index contributed by atoms with van der Waals surface area (Å²) in [5.74, 6) is 1.34. The number of nitrogens with zero attached hydrogens (tertiary/aromatic N) is 5. The molecule has 0 atom stereocenters. The Labute approximate surface area is 133 Å². The van der Waals surface area contributed by atoms with Gasteiger partial charge in [0.15, 0.2) is 5.82 Å². The van der Waals surface area contributed by atoms with Crippen LogP contribution in [0.15, 0.2) is 36.5 Å². The Balaban J connectivity index is 1.59. The van der Waals surface area contributed by atoms with Crippen LogP contribution in [0.3, 0.4) is 0 Å². The maximum atomic E-state index is 5.95. The average molecular weight is 309 g/mol. The van der Waals surface area contributed by atoms with Crippen LogP contribution < -0.4 is 11.1 Å². The summed E-state index contributed by atoms with van der Waals surface area (Å²) >= 11 is 0. The van der Waals surface area contributed by atoms with Gasteiger partial charge < -0.3 is 11.1 Å². The Hall–Kier alpha value is -2.54. The number of aromatic nitrogens is 5. The molecule has 23 heavy (non-hydrogen) atoms. The lowest BCUT2D eigenvalue weighted by Crippen LogP contribution is -2.33. The Morgan fingerprint density at radius 2 is 1.91 bits per heavy atom. The van der Waals surface area contributed by atoms with E-state index in [1.165, 1.54) is 0 Å². The summed E-state index contributed by atoms with van der Waals surface area (Å²) < 4.78 is 1.74. The van der Waals surface area contributed by atoms with Crippen molar-refractivity contribution in [3.05, 3.63) is 36.5 Å². The molecule has 0 saturated heterocycles. The number of fused-ring (bicyclic) bond motifs is 1. The molecule has 0 aliphatic heterocycles. The summed E-state index contributed by atoms with van der Waals surface area (Å²) in [5, 5.41) is 11.8. The first-order chi connectivity index (χ1) is 11.3. The lowest BCUT2D eigenvalue weighted by molar-refractivity contribution is 0.410. The van der Waals surface area contributed by atoms with Crippen LogP contribution in [0.2, 0.25) is 0 Å². The number of para-hydroxylation sites is 1. The van der Waals surface area contributed by atoms with Crippen molar-refractivity contribution < 1.29 is 0 Å². The summed E-state index contributed by atoms with van der Waals surface area (Å²) in [5.41, 5.74) is 7.73. The van der Waals surface area contributed by atoms with Gasteiger partial charge in [0, 0.05) is 24.3 Å². The topological polar surface area (TPSA) is 94.5 Å². The molecule has 0 radical (unpaired) electrons. The second-order valence-electron chi connectivity index (χ2n) is 5.98. The van der Waals surface area contributed by atoms with E-state index in [-0.39, 0.29) is 0 Å². The van der Waals surface area contributed by atoms with Gasteiger partial charge in [-0.15, -0.1) is 5.10 Å². The molecule has 3 N–H and O–H groups in total. The number of nitrogens with one attached hydrogen (secondary N) is 1. The Bertz CT molecular complexity index is 805. The van der Waals surface area contributed by atoms with Gasteiger partial charge in [0.25, 0.3) is 0 Å². The zero-order chi connectivity index (χ0) is 15.6. The average Bonchev–Trinajstić information content (AvgIpc) is 3.01. The first-order valence-corrected chi connectivity index (χ1v) is 7.95. The molecule has 1 saturated carbocycles. The smallest absolute Gasteiger partial charge is 0.224 e. The Morgan fingerprint density at radius 3 is 2.78 bits per heavy atom. The van der Waals surface area contributed by atoms with Crippen LogP contribution in [0.1, 0.15) is 25.7 Å². The summed E-state index contributed by atoms with van der Waals surface area (Å²) in [6.45, 7) is 0. The molecule has 1 fully saturated rings. The maximum Gasteiger partial charge on any atom is 0.224 e. The predicted molar refractivity (Wildman–Crippen MR) is 88.3 cm³/mol. The fraction of sp³-hybridized carbons (Fsp3) is 0.375. The minimum absolute atomic E-state index is 0.335. The monoisotopic (exact) mass is 309 g/mol. The highest BCUT2D eigenvalue weighted by atomic mass is 15.4. The molecule has 2 aromatic heterocycles. The molecule has 0 spiro atoms. The summed E-state index contributed by atoms with van der Waals surface area (Å²) in [7, 11) is 0. The number of rotatable bonds is 3. The van der Waals surface area contributed by atoms with Crippen LogP contribution in [0.5, 0.6) is 0 Å². The predicted octanol–water partition coefficient (Wildman–Crippen LogP) is 1.89. The van der Waals surface area contributed by atoms with Gasteiger partial charge in [-0.2, -0.15) is 9.67 Å². The van der Waals surface area contributed by atoms with E-state index in [2.05, 4.69) is 25.6 Å². The molecular weight excluding hydrogens is 290 g/mol. The van der Waals surface area contributed by atoms with E-state index in [4.69, 9.17) is 5.73 Å². The second kappa shape index (κ2) is 5.92. The van der Waals surface area contributed by atoms with E-state index in [1.54, 1.807) is 10.9 Å². The normalized spacial score (nSPS) is 21.4. The zero-order valence-electron chi connectivity index (χ0n) is 12.8. The number of hydrogen-bond donors (Lipinski definition) is 2. The number of nitrogens with two attached hydrogens (primary N) is 1. The fourth-order valence-corrected chi connectivity index (χ4v) is 3.02. The Kier molecular flexibility index (Phi) is 3.63. The maximum absolute atomic E-state index is 5.95. The third kappa shape index (κ3) is 2.87. The molecule has 0 bridgehead atoms. The molecule has 118 valence electrons. The lowest BCUT2D eigenvalue weighted by Gasteiger charge is -2.26. The van der Waals surface area contributed by atoms with Crippen LogP contribution in [0.4, 0.5) is 5.95 Å². The van der Waals surface area contributed by atoms with Crippen molar-refractivity contribution in [2.45, 2.75) is 37.8 Å². The summed E-state index contributed by atoms with van der Waals surface area (Å²) in [6, 6.07) is 10.4. The van der Waals surface area contributed by atoms with Gasteiger partial charge >= 0.3 is 0 Å². The SMILES string of the molecule is N[C@H]1CC[C@H](Nc2nccc(-n3nnc4ccccc43)n2)CC1. The molecule has 2 heterocycles. The molecule has 1 aliphatic rings. The van der Waals surface area contributed by atoms with E-state index >= 15 is 0 Å². The van der Waals surface area contributed by atoms with Crippen molar-refractivity contribution in [1.29, 1.82) is 0 Å². The van der Waals surface area contributed by atoms with Gasteiger partial charge in [0.05, 0.1) is 5.52 Å². The van der Waals surface area contributed by atoms with Gasteiger partial charge in [0.2, 0.25) is 5.95 Å². The third-order valence-corrected chi connectivity index (χ3v) is 4.31. The number of benzene rings is 1. The van der Waals surface area contributed by atoms with Crippen LogP contribution in [-0.4, -0.2) is 37.0 Å². The molecule has 1 aliphatic carbocycles. The van der Waals surface area contributed by atoms with Crippen molar-refractivity contribution >= 4 is 17.0 Å². The fourth-order valence-electron chi connectivity index (χ4n) is 3.02. The van der Waals surface area contributed by atoms with Crippen LogP contribution in [-0.2, 0) is 0 Å². The van der Waals surface area contributed by atoms with Crippen molar-refractivity contribution in [1.82, 2.24) is 25.0 Å². The first kappa shape index (κ1) is 14.1. The molecule has 3 aromatic rings. The minimum Gasteiger partial charge on any atom is -0.351 e. The van der Waals surface area contributed by atoms with E-state index in [0.29, 0.717) is 23.8 Å². The molecule has 1 aromatic carbocycles. The molecule has 4 rings (SSSR count). The number of hydrogen-bond acceptors (Lipinski definition) is 6. The van der Waals surface area contributed by atoms with Crippen molar-refractivity contribution in [2.75, 3.05) is 5.32 Å². The van der Waals surface area contributed by atoms with Crippen molar-refractivity contribution in [3.8, 4) is 5.82 Å². The van der Waals surface area contributed by atoms with Gasteiger partial charge in [-0.25, -0.2) is 4.98 Å². The summed E-state index contributed by atoms with van der Waals surface area (Å²) in [6.07, 6.45) is 5.95. The standard InChI is InChI=1S/C16H19N7/c17-11-5-7-12(8-6-11)19-16-18-10-9-15(20-16)23-14-4-2-1-3-13(14)21-22-23/h1-4,9-12H,5-8,17H2,(H,18,19,20)/t11-,12-. The molecule has 7 heteroatoms. The highest BCUT2D eigenvalue weighted by Crippen LogP contribution is 2.20. The van der Waals surface area contributed by atoms with Gasteiger partial charge in [-0.1, -0.05) is 17.3 Å². The van der Waals surface area contributed by atoms with E-state index in [0.717, 1.165) is 36.7 Å². The van der Waals surface area contributed by atoms with E-state index in [1.807, 2.05) is 30.3 Å². The zero-order valence-corrected chi connectivity index (χ0v) is 12.8. The Morgan fingerprint density at radius 1 is 1.09 bits per heavy atom. The lowest BCUT2D eigenvalue weighted by atomic mass is 9.92. The van der Waals surface area contributed by atoms with E-state index < -0.39 is 0 Å². The third-order valence-electron chi connectivity index (χ3n) is 4.31. The van der Waals surface area contributed by atoms with Gasteiger partial charge in [0.1, 0.15) is 5.52 Å². The largest absolute Gasteiger partial charge is 0.351 e. The highest BCUT2D eigenvalue weighted by Gasteiger charge is 2.19. The first-order valence-electron chi connectivity index (χ1n) is 7.95. The van der Waals surface area contributed by atoms with Crippen LogP contribution in [0.25, 0.3) is 16.9 Å². The quantitative estimate of drug-likeness (QED) is 0.767. The van der Waals surface area contributed by atoms with Crippen molar-refractivity contribution in [3.63, 3.8) is 0 Å². The van der Waals surface area contributed by atoms with Gasteiger partial charge in [-0.3, -0.25) is 0 Å².